The lowest BCUT2D eigenvalue weighted by Crippen LogP contribution is -2.29. The molecule has 0 atom stereocenters. The number of halogens is 1. The summed E-state index contributed by atoms with van der Waals surface area (Å²) in [6.45, 7) is 4.61. The molecular weight excluding hydrogens is 286 g/mol. The summed E-state index contributed by atoms with van der Waals surface area (Å²) < 4.78 is 23.1. The summed E-state index contributed by atoms with van der Waals surface area (Å²) in [7, 11) is -3.68. The van der Waals surface area contributed by atoms with E-state index in [0.717, 1.165) is 6.20 Å². The van der Waals surface area contributed by atoms with Gasteiger partial charge in [-0.1, -0.05) is 11.6 Å². The van der Waals surface area contributed by atoms with E-state index in [1.54, 1.807) is 18.2 Å². The lowest BCUT2D eigenvalue weighted by molar-refractivity contribution is 0.568. The maximum Gasteiger partial charge on any atom is 0.194 e. The average molecular weight is 300 g/mol. The van der Waals surface area contributed by atoms with Crippen LogP contribution in [0.3, 0.4) is 0 Å². The quantitative estimate of drug-likeness (QED) is 0.868. The number of nitrogens with one attached hydrogen (secondary N) is 1. The minimum Gasteiger partial charge on any atom is -0.345 e. The monoisotopic (exact) mass is 299 g/mol. The highest BCUT2D eigenvalue weighted by atomic mass is 35.5. The van der Waals surface area contributed by atoms with Gasteiger partial charge >= 0.3 is 0 Å². The van der Waals surface area contributed by atoms with E-state index >= 15 is 0 Å². The normalized spacial score (nSPS) is 12.9. The highest BCUT2D eigenvalue weighted by molar-refractivity contribution is 7.96. The first-order valence-corrected chi connectivity index (χ1v) is 7.27. The molecule has 1 aromatic heterocycles. The number of rotatable bonds is 3. The molecule has 5 nitrogen and oxygen atoms in total. The number of nitrogens with zero attached hydrogens (tertiary/aromatic N) is 2. The molecule has 0 aromatic carbocycles. The van der Waals surface area contributed by atoms with Crippen LogP contribution in [0.15, 0.2) is 29.4 Å². The Labute approximate surface area is 117 Å². The number of aromatic nitrogens is 1. The van der Waals surface area contributed by atoms with Gasteiger partial charge in [0.05, 0.1) is 9.77 Å². The molecule has 0 fully saturated rings. The van der Waals surface area contributed by atoms with E-state index in [1.807, 2.05) is 0 Å². The van der Waals surface area contributed by atoms with Crippen LogP contribution in [-0.4, -0.2) is 18.1 Å². The van der Waals surface area contributed by atoms with Gasteiger partial charge in [-0.3, -0.25) is 0 Å². The van der Waals surface area contributed by atoms with Gasteiger partial charge in [0, 0.05) is 12.4 Å². The Morgan fingerprint density at radius 3 is 2.53 bits per heavy atom. The number of pyridine rings is 1. The summed E-state index contributed by atoms with van der Waals surface area (Å²) in [5.74, 6) is 0.404. The van der Waals surface area contributed by atoms with E-state index in [2.05, 4.69) is 10.3 Å². The number of allylic oxidation sites excluding steroid dienone is 1. The van der Waals surface area contributed by atoms with Crippen molar-refractivity contribution in [3.63, 3.8) is 0 Å². The second-order valence-electron chi connectivity index (χ2n) is 4.74. The molecule has 0 spiro atoms. The summed E-state index contributed by atoms with van der Waals surface area (Å²) in [6.07, 6.45) is 2.55. The van der Waals surface area contributed by atoms with Gasteiger partial charge in [0.15, 0.2) is 14.7 Å². The molecular formula is C12H14ClN3O2S. The molecule has 0 saturated carbocycles. The van der Waals surface area contributed by atoms with Gasteiger partial charge in [-0.05, 0) is 32.9 Å². The van der Waals surface area contributed by atoms with Crippen LogP contribution in [0.5, 0.6) is 0 Å². The predicted octanol–water partition coefficient (Wildman–Crippen LogP) is 2.73. The second kappa shape index (κ2) is 5.59. The number of hydrogen-bond donors (Lipinski definition) is 1. The molecule has 19 heavy (non-hydrogen) atoms. The van der Waals surface area contributed by atoms with Crippen molar-refractivity contribution in [1.29, 1.82) is 5.26 Å². The molecule has 1 N–H and O–H groups in total. The van der Waals surface area contributed by atoms with Crippen LogP contribution < -0.4 is 5.32 Å². The maximum absolute atomic E-state index is 12.1. The summed E-state index contributed by atoms with van der Waals surface area (Å²) in [5, 5.41) is 12.1. The van der Waals surface area contributed by atoms with Crippen LogP contribution in [0.2, 0.25) is 5.02 Å². The van der Waals surface area contributed by atoms with Gasteiger partial charge in [0.25, 0.3) is 0 Å². The highest BCUT2D eigenvalue weighted by Gasteiger charge is 2.33. The SMILES string of the molecule is CC(C)(C)S(=O)(=O)/C(C#N)=C/Nc1ccc(Cl)cn1. The van der Waals surface area contributed by atoms with Gasteiger partial charge in [-0.2, -0.15) is 5.26 Å². The molecule has 0 aliphatic heterocycles. The van der Waals surface area contributed by atoms with E-state index in [1.165, 1.54) is 27.0 Å². The van der Waals surface area contributed by atoms with Crippen LogP contribution in [0.4, 0.5) is 5.82 Å². The van der Waals surface area contributed by atoms with Crippen molar-refractivity contribution in [3.8, 4) is 6.07 Å². The first-order valence-electron chi connectivity index (χ1n) is 5.41. The number of sulfone groups is 1. The number of nitriles is 1. The molecule has 0 saturated heterocycles. The molecule has 0 radical (unpaired) electrons. The molecule has 0 aliphatic carbocycles. The van der Waals surface area contributed by atoms with Crippen molar-refractivity contribution in [3.05, 3.63) is 34.5 Å². The Morgan fingerprint density at radius 1 is 1.47 bits per heavy atom. The van der Waals surface area contributed by atoms with E-state index in [0.29, 0.717) is 10.8 Å². The van der Waals surface area contributed by atoms with Gasteiger partial charge in [-0.15, -0.1) is 0 Å². The average Bonchev–Trinajstić information content (AvgIpc) is 2.30. The van der Waals surface area contributed by atoms with E-state index in [-0.39, 0.29) is 4.91 Å². The summed E-state index contributed by atoms with van der Waals surface area (Å²) in [5.41, 5.74) is 0. The molecule has 1 rings (SSSR count). The zero-order valence-electron chi connectivity index (χ0n) is 10.8. The van der Waals surface area contributed by atoms with E-state index in [9.17, 15) is 8.42 Å². The smallest absolute Gasteiger partial charge is 0.194 e. The van der Waals surface area contributed by atoms with Crippen LogP contribution in [0.25, 0.3) is 0 Å². The van der Waals surface area contributed by atoms with Crippen molar-refractivity contribution >= 4 is 27.3 Å². The Morgan fingerprint density at radius 2 is 2.11 bits per heavy atom. The second-order valence-corrected chi connectivity index (χ2v) is 7.85. The molecule has 0 amide bonds. The lowest BCUT2D eigenvalue weighted by Gasteiger charge is -2.18. The molecule has 0 unspecified atom stereocenters. The van der Waals surface area contributed by atoms with E-state index < -0.39 is 14.6 Å². The third kappa shape index (κ3) is 3.69. The maximum atomic E-state index is 12.1. The summed E-state index contributed by atoms with van der Waals surface area (Å²) in [6, 6.07) is 4.87. The van der Waals surface area contributed by atoms with Crippen molar-refractivity contribution in [1.82, 2.24) is 4.98 Å². The summed E-state index contributed by atoms with van der Waals surface area (Å²) in [4.78, 5) is 3.60. The van der Waals surface area contributed by atoms with Crippen molar-refractivity contribution in [2.24, 2.45) is 0 Å². The molecule has 0 aliphatic rings. The topological polar surface area (TPSA) is 82.8 Å². The first-order chi connectivity index (χ1) is 8.68. The number of anilines is 1. The van der Waals surface area contributed by atoms with Crippen molar-refractivity contribution < 1.29 is 8.42 Å². The Hall–Kier alpha value is -1.58. The largest absolute Gasteiger partial charge is 0.345 e. The third-order valence-corrected chi connectivity index (χ3v) is 4.91. The Kier molecular flexibility index (Phi) is 4.56. The van der Waals surface area contributed by atoms with Crippen molar-refractivity contribution in [2.75, 3.05) is 5.32 Å². The fourth-order valence-electron chi connectivity index (χ4n) is 1.10. The minimum atomic E-state index is -3.68. The Bertz CT molecular complexity index is 622. The minimum absolute atomic E-state index is 0.336. The van der Waals surface area contributed by atoms with Crippen molar-refractivity contribution in [2.45, 2.75) is 25.5 Å². The standard InChI is InChI=1S/C12H14ClN3O2S/c1-12(2,3)19(17,18)10(6-14)8-16-11-5-4-9(13)7-15-11/h4-5,7-8H,1-3H3,(H,15,16)/b10-8+. The zero-order chi connectivity index (χ0) is 14.7. The Balaban J connectivity index is 3.03. The van der Waals surface area contributed by atoms with E-state index in [4.69, 9.17) is 16.9 Å². The fraction of sp³-hybridized carbons (Fsp3) is 0.333. The highest BCUT2D eigenvalue weighted by Crippen LogP contribution is 2.23. The van der Waals surface area contributed by atoms with Crippen LogP contribution in [0.1, 0.15) is 20.8 Å². The molecule has 0 bridgehead atoms. The van der Waals surface area contributed by atoms with Crippen LogP contribution in [-0.2, 0) is 9.84 Å². The van der Waals surface area contributed by atoms with Gasteiger partial charge in [-0.25, -0.2) is 13.4 Å². The predicted molar refractivity (Wildman–Crippen MR) is 75.2 cm³/mol. The molecule has 7 heteroatoms. The molecule has 1 aromatic rings. The fourth-order valence-corrected chi connectivity index (χ4v) is 2.21. The van der Waals surface area contributed by atoms with Gasteiger partial charge < -0.3 is 5.32 Å². The number of hydrogen-bond acceptors (Lipinski definition) is 5. The zero-order valence-corrected chi connectivity index (χ0v) is 12.4. The van der Waals surface area contributed by atoms with Crippen LogP contribution >= 0.6 is 11.6 Å². The molecule has 1 heterocycles. The van der Waals surface area contributed by atoms with Crippen LogP contribution in [0, 0.1) is 11.3 Å². The lowest BCUT2D eigenvalue weighted by atomic mass is 10.3. The first kappa shape index (κ1) is 15.5. The van der Waals surface area contributed by atoms with Gasteiger partial charge in [0.2, 0.25) is 0 Å². The molecule has 102 valence electrons. The summed E-state index contributed by atoms with van der Waals surface area (Å²) >= 11 is 5.68. The third-order valence-electron chi connectivity index (χ3n) is 2.28. The van der Waals surface area contributed by atoms with Gasteiger partial charge in [0.1, 0.15) is 11.9 Å².